The van der Waals surface area contributed by atoms with Gasteiger partial charge in [0.2, 0.25) is 11.8 Å². The fourth-order valence-corrected chi connectivity index (χ4v) is 3.04. The molecular weight excluding hydrogens is 230 g/mol. The van der Waals surface area contributed by atoms with Crippen LogP contribution in [-0.4, -0.2) is 29.0 Å². The Morgan fingerprint density at radius 3 is 2.22 bits per heavy atom. The lowest BCUT2D eigenvalue weighted by atomic mass is 10.00. The number of Topliss-reactive ketones (excluding diaryl/α,β-unsaturated/α-hetero) is 1. The van der Waals surface area contributed by atoms with Crippen LogP contribution in [0.3, 0.4) is 0 Å². The Bertz CT molecular complexity index is 367. The number of rotatable bonds is 4. The van der Waals surface area contributed by atoms with Crippen molar-refractivity contribution >= 4 is 17.6 Å². The van der Waals surface area contributed by atoms with Crippen molar-refractivity contribution < 1.29 is 14.4 Å². The van der Waals surface area contributed by atoms with Crippen LogP contribution in [-0.2, 0) is 14.4 Å². The maximum atomic E-state index is 12.1. The van der Waals surface area contributed by atoms with Crippen LogP contribution < -0.4 is 0 Å². The molecule has 0 spiro atoms. The third-order valence-electron chi connectivity index (χ3n) is 4.44. The SMILES string of the molecule is CCC(C)C(=O)CN1C(=O)C2CC(C)CC2C1=O. The largest absolute Gasteiger partial charge is 0.297 e. The fourth-order valence-electron chi connectivity index (χ4n) is 3.04. The van der Waals surface area contributed by atoms with Crippen molar-refractivity contribution in [3.63, 3.8) is 0 Å². The van der Waals surface area contributed by atoms with E-state index in [9.17, 15) is 14.4 Å². The van der Waals surface area contributed by atoms with Gasteiger partial charge in [0.1, 0.15) is 0 Å². The van der Waals surface area contributed by atoms with E-state index < -0.39 is 0 Å². The van der Waals surface area contributed by atoms with Crippen molar-refractivity contribution in [2.24, 2.45) is 23.7 Å². The molecule has 1 saturated carbocycles. The molecule has 1 saturated heterocycles. The highest BCUT2D eigenvalue weighted by Gasteiger charge is 2.51. The first kappa shape index (κ1) is 13.2. The molecular formula is C14H21NO3. The minimum Gasteiger partial charge on any atom is -0.297 e. The highest BCUT2D eigenvalue weighted by atomic mass is 16.2. The fraction of sp³-hybridized carbons (Fsp3) is 0.786. The van der Waals surface area contributed by atoms with Gasteiger partial charge in [0.25, 0.3) is 0 Å². The van der Waals surface area contributed by atoms with Gasteiger partial charge in [0.05, 0.1) is 18.4 Å². The van der Waals surface area contributed by atoms with Gasteiger partial charge in [-0.05, 0) is 25.2 Å². The molecule has 2 fully saturated rings. The van der Waals surface area contributed by atoms with E-state index >= 15 is 0 Å². The van der Waals surface area contributed by atoms with Crippen molar-refractivity contribution in [3.8, 4) is 0 Å². The number of amides is 2. The van der Waals surface area contributed by atoms with E-state index in [1.165, 1.54) is 4.90 Å². The van der Waals surface area contributed by atoms with E-state index in [0.717, 1.165) is 19.3 Å². The summed E-state index contributed by atoms with van der Waals surface area (Å²) < 4.78 is 0. The maximum absolute atomic E-state index is 12.1. The Kier molecular flexibility index (Phi) is 3.55. The van der Waals surface area contributed by atoms with Crippen molar-refractivity contribution in [1.82, 2.24) is 4.90 Å². The third-order valence-corrected chi connectivity index (χ3v) is 4.44. The molecule has 0 bridgehead atoms. The third kappa shape index (κ3) is 2.08. The van der Waals surface area contributed by atoms with Crippen LogP contribution in [0.1, 0.15) is 40.0 Å². The Balaban J connectivity index is 2.06. The smallest absolute Gasteiger partial charge is 0.233 e. The summed E-state index contributed by atoms with van der Waals surface area (Å²) in [6, 6.07) is 0. The zero-order valence-corrected chi connectivity index (χ0v) is 11.3. The van der Waals surface area contributed by atoms with Crippen molar-refractivity contribution in [2.75, 3.05) is 6.54 Å². The van der Waals surface area contributed by atoms with E-state index in [4.69, 9.17) is 0 Å². The summed E-state index contributed by atoms with van der Waals surface area (Å²) in [4.78, 5) is 37.3. The summed E-state index contributed by atoms with van der Waals surface area (Å²) in [5.41, 5.74) is 0. The van der Waals surface area contributed by atoms with Gasteiger partial charge < -0.3 is 0 Å². The molecule has 2 amide bonds. The van der Waals surface area contributed by atoms with Gasteiger partial charge in [-0.3, -0.25) is 19.3 Å². The van der Waals surface area contributed by atoms with Crippen LogP contribution in [0.25, 0.3) is 0 Å². The second-order valence-electron chi connectivity index (χ2n) is 5.83. The summed E-state index contributed by atoms with van der Waals surface area (Å²) in [6.45, 7) is 5.84. The molecule has 4 heteroatoms. The van der Waals surface area contributed by atoms with Crippen LogP contribution in [0.4, 0.5) is 0 Å². The van der Waals surface area contributed by atoms with Crippen molar-refractivity contribution in [3.05, 3.63) is 0 Å². The highest BCUT2D eigenvalue weighted by Crippen LogP contribution is 2.42. The van der Waals surface area contributed by atoms with Gasteiger partial charge in [0, 0.05) is 5.92 Å². The number of nitrogens with zero attached hydrogens (tertiary/aromatic N) is 1. The van der Waals surface area contributed by atoms with Gasteiger partial charge in [-0.1, -0.05) is 20.8 Å². The number of carbonyl (C=O) groups is 3. The Morgan fingerprint density at radius 2 is 1.78 bits per heavy atom. The van der Waals surface area contributed by atoms with E-state index in [-0.39, 0.29) is 41.9 Å². The molecule has 0 radical (unpaired) electrons. The summed E-state index contributed by atoms with van der Waals surface area (Å²) in [5, 5.41) is 0. The minimum absolute atomic E-state index is 0.00720. The van der Waals surface area contributed by atoms with Gasteiger partial charge in [0.15, 0.2) is 5.78 Å². The lowest BCUT2D eigenvalue weighted by molar-refractivity contribution is -0.144. The molecule has 1 heterocycles. The standard InChI is InChI=1S/C14H21NO3/c1-4-9(3)12(16)7-15-13(17)10-5-8(2)6-11(10)14(15)18/h8-11H,4-7H2,1-3H3. The maximum Gasteiger partial charge on any atom is 0.233 e. The molecule has 3 unspecified atom stereocenters. The Labute approximate surface area is 108 Å². The number of ketones is 1. The van der Waals surface area contributed by atoms with E-state index in [1.807, 2.05) is 13.8 Å². The van der Waals surface area contributed by atoms with Gasteiger partial charge in [-0.25, -0.2) is 0 Å². The van der Waals surface area contributed by atoms with Gasteiger partial charge in [-0.15, -0.1) is 0 Å². The topological polar surface area (TPSA) is 54.5 Å². The van der Waals surface area contributed by atoms with Gasteiger partial charge >= 0.3 is 0 Å². The van der Waals surface area contributed by atoms with E-state index in [1.54, 1.807) is 0 Å². The molecule has 0 aromatic rings. The number of imide groups is 1. The molecule has 3 atom stereocenters. The van der Waals surface area contributed by atoms with Crippen LogP contribution in [0.15, 0.2) is 0 Å². The van der Waals surface area contributed by atoms with Crippen molar-refractivity contribution in [2.45, 2.75) is 40.0 Å². The molecule has 100 valence electrons. The Morgan fingerprint density at radius 1 is 1.28 bits per heavy atom. The first-order chi connectivity index (χ1) is 8.45. The predicted molar refractivity (Wildman–Crippen MR) is 66.6 cm³/mol. The average Bonchev–Trinajstić information content (AvgIpc) is 2.82. The highest BCUT2D eigenvalue weighted by molar-refractivity contribution is 6.07. The normalized spacial score (nSPS) is 32.8. The first-order valence-electron chi connectivity index (χ1n) is 6.83. The predicted octanol–water partition coefficient (Wildman–Crippen LogP) is 1.63. The summed E-state index contributed by atoms with van der Waals surface area (Å²) in [7, 11) is 0. The molecule has 0 aromatic heterocycles. The Hall–Kier alpha value is -1.19. The number of likely N-dealkylation sites (tertiary alicyclic amines) is 1. The summed E-state index contributed by atoms with van der Waals surface area (Å²) in [5.74, 6) is -0.191. The van der Waals surface area contributed by atoms with Crippen molar-refractivity contribution in [1.29, 1.82) is 0 Å². The second-order valence-corrected chi connectivity index (χ2v) is 5.83. The number of hydrogen-bond donors (Lipinski definition) is 0. The monoisotopic (exact) mass is 251 g/mol. The van der Waals surface area contributed by atoms with Crippen LogP contribution in [0, 0.1) is 23.7 Å². The lowest BCUT2D eigenvalue weighted by Gasteiger charge is -2.17. The summed E-state index contributed by atoms with van der Waals surface area (Å²) >= 11 is 0. The molecule has 0 aromatic carbocycles. The minimum atomic E-state index is -0.155. The molecule has 4 nitrogen and oxygen atoms in total. The van der Waals surface area contributed by atoms with Crippen LogP contribution in [0.5, 0.6) is 0 Å². The molecule has 1 aliphatic heterocycles. The quantitative estimate of drug-likeness (QED) is 0.714. The average molecular weight is 251 g/mol. The van der Waals surface area contributed by atoms with E-state index in [0.29, 0.717) is 5.92 Å². The molecule has 18 heavy (non-hydrogen) atoms. The number of fused-ring (bicyclic) bond motifs is 1. The van der Waals surface area contributed by atoms with E-state index in [2.05, 4.69) is 6.92 Å². The van der Waals surface area contributed by atoms with Crippen LogP contribution in [0.2, 0.25) is 0 Å². The first-order valence-corrected chi connectivity index (χ1v) is 6.83. The lowest BCUT2D eigenvalue weighted by Crippen LogP contribution is -2.38. The molecule has 1 aliphatic carbocycles. The van der Waals surface area contributed by atoms with Gasteiger partial charge in [-0.2, -0.15) is 0 Å². The molecule has 2 aliphatic rings. The zero-order chi connectivity index (χ0) is 13.4. The number of hydrogen-bond acceptors (Lipinski definition) is 3. The zero-order valence-electron chi connectivity index (χ0n) is 11.3. The summed E-state index contributed by atoms with van der Waals surface area (Å²) in [6.07, 6.45) is 2.34. The van der Waals surface area contributed by atoms with Crippen LogP contribution >= 0.6 is 0 Å². The molecule has 2 rings (SSSR count). The number of carbonyl (C=O) groups excluding carboxylic acids is 3. The molecule has 0 N–H and O–H groups in total. The second kappa shape index (κ2) is 4.82.